The highest BCUT2D eigenvalue weighted by Gasteiger charge is 2.38. The molecule has 0 saturated heterocycles. The third-order valence-corrected chi connectivity index (χ3v) is 3.57. The number of nitrogens with one attached hydrogen (secondary N) is 1. The molecule has 0 spiro atoms. The lowest BCUT2D eigenvalue weighted by atomic mass is 10.0. The van der Waals surface area contributed by atoms with E-state index in [1.54, 1.807) is 36.2 Å². The first-order chi connectivity index (χ1) is 10.9. The summed E-state index contributed by atoms with van der Waals surface area (Å²) in [7, 11) is 3.08. The van der Waals surface area contributed by atoms with Crippen LogP contribution in [0.4, 0.5) is 5.69 Å². The number of hydrogen-bond acceptors (Lipinski definition) is 5. The van der Waals surface area contributed by atoms with Crippen LogP contribution >= 0.6 is 0 Å². The van der Waals surface area contributed by atoms with E-state index in [2.05, 4.69) is 5.32 Å². The Morgan fingerprint density at radius 2 is 1.83 bits per heavy atom. The highest BCUT2D eigenvalue weighted by molar-refractivity contribution is 6.35. The lowest BCUT2D eigenvalue weighted by Crippen LogP contribution is -2.31. The van der Waals surface area contributed by atoms with Gasteiger partial charge in [-0.05, 0) is 17.7 Å². The SMILES string of the molecule is CC(=O)Nc1ccc(C2=C(N(C)CCO)C(=O)N(C)C2=O)cc1. The topological polar surface area (TPSA) is 90.0 Å². The average molecular weight is 317 g/mol. The molecule has 0 fully saturated rings. The number of amides is 3. The van der Waals surface area contributed by atoms with E-state index < -0.39 is 5.91 Å². The Kier molecular flexibility index (Phi) is 4.80. The van der Waals surface area contributed by atoms with Crippen molar-refractivity contribution in [3.05, 3.63) is 35.5 Å². The number of nitrogens with zero attached hydrogens (tertiary/aromatic N) is 2. The summed E-state index contributed by atoms with van der Waals surface area (Å²) in [6.45, 7) is 1.53. The molecule has 0 radical (unpaired) electrons. The van der Waals surface area contributed by atoms with Gasteiger partial charge in [-0.15, -0.1) is 0 Å². The molecule has 7 heteroatoms. The molecule has 1 aliphatic heterocycles. The molecule has 3 amide bonds. The van der Waals surface area contributed by atoms with E-state index in [0.29, 0.717) is 16.8 Å². The van der Waals surface area contributed by atoms with E-state index in [1.807, 2.05) is 0 Å². The van der Waals surface area contributed by atoms with Crippen LogP contribution in [0.15, 0.2) is 30.0 Å². The predicted octanol–water partition coefficient (Wildman–Crippen LogP) is 0.279. The van der Waals surface area contributed by atoms with E-state index in [0.717, 1.165) is 4.90 Å². The number of aliphatic hydroxyl groups is 1. The van der Waals surface area contributed by atoms with Crippen molar-refractivity contribution in [2.75, 3.05) is 32.6 Å². The summed E-state index contributed by atoms with van der Waals surface area (Å²) in [5.74, 6) is -0.971. The molecule has 0 unspecified atom stereocenters. The van der Waals surface area contributed by atoms with E-state index in [4.69, 9.17) is 5.11 Å². The molecular formula is C16H19N3O4. The summed E-state index contributed by atoms with van der Waals surface area (Å²) in [6.07, 6.45) is 0. The zero-order chi connectivity index (χ0) is 17.1. The highest BCUT2D eigenvalue weighted by Crippen LogP contribution is 2.30. The molecule has 1 aromatic carbocycles. The first kappa shape index (κ1) is 16.7. The van der Waals surface area contributed by atoms with E-state index in [1.165, 1.54) is 14.0 Å². The maximum atomic E-state index is 12.4. The van der Waals surface area contributed by atoms with Crippen LogP contribution in [-0.4, -0.2) is 59.9 Å². The van der Waals surface area contributed by atoms with Gasteiger partial charge in [0.25, 0.3) is 11.8 Å². The van der Waals surface area contributed by atoms with Gasteiger partial charge in [-0.25, -0.2) is 0 Å². The summed E-state index contributed by atoms with van der Waals surface area (Å²) in [6, 6.07) is 6.70. The summed E-state index contributed by atoms with van der Waals surface area (Å²) in [5, 5.41) is 11.7. The Labute approximate surface area is 134 Å². The summed E-state index contributed by atoms with van der Waals surface area (Å²) >= 11 is 0. The minimum atomic E-state index is -0.396. The fourth-order valence-electron chi connectivity index (χ4n) is 2.43. The monoisotopic (exact) mass is 317 g/mol. The quantitative estimate of drug-likeness (QED) is 0.761. The van der Waals surface area contributed by atoms with Crippen LogP contribution in [-0.2, 0) is 14.4 Å². The second-order valence-corrected chi connectivity index (χ2v) is 5.30. The van der Waals surface area contributed by atoms with Crippen molar-refractivity contribution in [2.45, 2.75) is 6.92 Å². The molecular weight excluding hydrogens is 298 g/mol. The number of hydrogen-bond donors (Lipinski definition) is 2. The number of likely N-dealkylation sites (N-methyl/N-ethyl adjacent to an activating group) is 2. The van der Waals surface area contributed by atoms with Gasteiger partial charge in [-0.2, -0.15) is 0 Å². The van der Waals surface area contributed by atoms with Crippen molar-refractivity contribution in [3.63, 3.8) is 0 Å². The molecule has 0 aliphatic carbocycles. The fraction of sp³-hybridized carbons (Fsp3) is 0.312. The Morgan fingerprint density at radius 1 is 1.22 bits per heavy atom. The van der Waals surface area contributed by atoms with Crippen molar-refractivity contribution < 1.29 is 19.5 Å². The van der Waals surface area contributed by atoms with Crippen LogP contribution in [0.25, 0.3) is 5.57 Å². The largest absolute Gasteiger partial charge is 0.395 e. The normalized spacial score (nSPS) is 14.5. The second kappa shape index (κ2) is 6.62. The van der Waals surface area contributed by atoms with Gasteiger partial charge in [0.2, 0.25) is 5.91 Å². The number of anilines is 1. The van der Waals surface area contributed by atoms with Crippen molar-refractivity contribution in [1.29, 1.82) is 0 Å². The van der Waals surface area contributed by atoms with Crippen molar-refractivity contribution in [3.8, 4) is 0 Å². The van der Waals surface area contributed by atoms with Crippen LogP contribution in [0, 0.1) is 0 Å². The van der Waals surface area contributed by atoms with Crippen LogP contribution in [0.5, 0.6) is 0 Å². The second-order valence-electron chi connectivity index (χ2n) is 5.30. The van der Waals surface area contributed by atoms with E-state index in [9.17, 15) is 14.4 Å². The maximum absolute atomic E-state index is 12.4. The minimum absolute atomic E-state index is 0.125. The first-order valence-electron chi connectivity index (χ1n) is 7.13. The Balaban J connectivity index is 2.45. The minimum Gasteiger partial charge on any atom is -0.395 e. The molecule has 7 nitrogen and oxygen atoms in total. The van der Waals surface area contributed by atoms with Gasteiger partial charge in [0.15, 0.2) is 0 Å². The van der Waals surface area contributed by atoms with Crippen LogP contribution in [0.1, 0.15) is 12.5 Å². The lowest BCUT2D eigenvalue weighted by molar-refractivity contribution is -0.135. The van der Waals surface area contributed by atoms with Crippen molar-refractivity contribution in [1.82, 2.24) is 9.80 Å². The van der Waals surface area contributed by atoms with Gasteiger partial charge in [-0.3, -0.25) is 19.3 Å². The number of aliphatic hydroxyl groups excluding tert-OH is 1. The average Bonchev–Trinajstić information content (AvgIpc) is 2.72. The molecule has 1 heterocycles. The summed E-state index contributed by atoms with van der Waals surface area (Å²) < 4.78 is 0. The van der Waals surface area contributed by atoms with Crippen LogP contribution in [0.2, 0.25) is 0 Å². The number of carbonyl (C=O) groups excluding carboxylic acids is 3. The Hall–Kier alpha value is -2.67. The summed E-state index contributed by atoms with van der Waals surface area (Å²) in [4.78, 5) is 38.4. The maximum Gasteiger partial charge on any atom is 0.277 e. The van der Waals surface area contributed by atoms with E-state index in [-0.39, 0.29) is 30.7 Å². The standard InChI is InChI=1S/C16H19N3O4/c1-10(21)17-12-6-4-11(5-7-12)13-14(18(2)8-9-20)16(23)19(3)15(13)22/h4-7,20H,8-9H2,1-3H3,(H,17,21). The lowest BCUT2D eigenvalue weighted by Gasteiger charge is -2.19. The smallest absolute Gasteiger partial charge is 0.277 e. The van der Waals surface area contributed by atoms with Crippen LogP contribution in [0.3, 0.4) is 0 Å². The van der Waals surface area contributed by atoms with Gasteiger partial charge in [-0.1, -0.05) is 12.1 Å². The fourth-order valence-corrected chi connectivity index (χ4v) is 2.43. The van der Waals surface area contributed by atoms with Gasteiger partial charge in [0, 0.05) is 33.3 Å². The van der Waals surface area contributed by atoms with E-state index >= 15 is 0 Å². The Morgan fingerprint density at radius 3 is 2.35 bits per heavy atom. The molecule has 2 rings (SSSR count). The molecule has 0 atom stereocenters. The molecule has 1 aliphatic rings. The number of benzene rings is 1. The molecule has 1 aromatic rings. The molecule has 122 valence electrons. The summed E-state index contributed by atoms with van der Waals surface area (Å²) in [5.41, 5.74) is 1.75. The molecule has 2 N–H and O–H groups in total. The number of rotatable bonds is 5. The third-order valence-electron chi connectivity index (χ3n) is 3.57. The number of imide groups is 1. The van der Waals surface area contributed by atoms with Gasteiger partial charge in [0.05, 0.1) is 12.2 Å². The Bertz CT molecular complexity index is 679. The van der Waals surface area contributed by atoms with Gasteiger partial charge >= 0.3 is 0 Å². The zero-order valence-corrected chi connectivity index (χ0v) is 13.3. The molecule has 0 aromatic heterocycles. The van der Waals surface area contributed by atoms with Gasteiger partial charge < -0.3 is 15.3 Å². The molecule has 0 saturated carbocycles. The third kappa shape index (κ3) is 3.24. The molecule has 23 heavy (non-hydrogen) atoms. The van der Waals surface area contributed by atoms with Gasteiger partial charge in [0.1, 0.15) is 5.70 Å². The van der Waals surface area contributed by atoms with Crippen molar-refractivity contribution >= 4 is 29.0 Å². The van der Waals surface area contributed by atoms with Crippen LogP contribution < -0.4 is 5.32 Å². The number of carbonyl (C=O) groups is 3. The highest BCUT2D eigenvalue weighted by atomic mass is 16.3. The molecule has 0 bridgehead atoms. The predicted molar refractivity (Wildman–Crippen MR) is 85.2 cm³/mol. The first-order valence-corrected chi connectivity index (χ1v) is 7.13. The van der Waals surface area contributed by atoms with Crippen molar-refractivity contribution in [2.24, 2.45) is 0 Å². The zero-order valence-electron chi connectivity index (χ0n) is 13.3.